The van der Waals surface area contributed by atoms with Gasteiger partial charge >= 0.3 is 5.97 Å². The van der Waals surface area contributed by atoms with Gasteiger partial charge in [0.05, 0.1) is 13.0 Å². The number of rotatable bonds is 5. The maximum Gasteiger partial charge on any atom is 0.307 e. The van der Waals surface area contributed by atoms with Crippen LogP contribution in [0.5, 0.6) is 0 Å². The van der Waals surface area contributed by atoms with Crippen LogP contribution in [0.2, 0.25) is 0 Å². The molecule has 0 aliphatic carbocycles. The lowest BCUT2D eigenvalue weighted by molar-refractivity contribution is -0.143. The van der Waals surface area contributed by atoms with Crippen molar-refractivity contribution in [1.82, 2.24) is 4.90 Å². The summed E-state index contributed by atoms with van der Waals surface area (Å²) in [7, 11) is 1.64. The van der Waals surface area contributed by atoms with Crippen molar-refractivity contribution in [3.8, 4) is 11.8 Å². The molecule has 5 heteroatoms. The second-order valence-electron chi connectivity index (χ2n) is 4.32. The predicted molar refractivity (Wildman–Crippen MR) is 78.6 cm³/mol. The van der Waals surface area contributed by atoms with Crippen molar-refractivity contribution in [1.29, 1.82) is 0 Å². The van der Waals surface area contributed by atoms with E-state index in [1.54, 1.807) is 38.2 Å². The Morgan fingerprint density at radius 3 is 2.52 bits per heavy atom. The molecule has 112 valence electrons. The highest BCUT2D eigenvalue weighted by Gasteiger charge is 2.13. The Kier molecular flexibility index (Phi) is 6.99. The molecule has 0 aliphatic rings. The van der Waals surface area contributed by atoms with Crippen molar-refractivity contribution in [2.75, 3.05) is 26.8 Å². The number of benzene rings is 1. The number of nitrogens with zero attached hydrogens (tertiary/aromatic N) is 1. The van der Waals surface area contributed by atoms with E-state index in [2.05, 4.69) is 11.8 Å². The molecule has 0 bridgehead atoms. The first-order valence-corrected chi connectivity index (χ1v) is 6.69. The summed E-state index contributed by atoms with van der Waals surface area (Å²) in [5, 5.41) is 8.61. The third-order valence-corrected chi connectivity index (χ3v) is 2.75. The minimum atomic E-state index is -0.313. The Morgan fingerprint density at radius 2 is 1.95 bits per heavy atom. The average Bonchev–Trinajstić information content (AvgIpc) is 2.50. The molecule has 0 heterocycles. The quantitative estimate of drug-likeness (QED) is 0.650. The molecule has 1 aromatic carbocycles. The molecule has 21 heavy (non-hydrogen) atoms. The summed E-state index contributed by atoms with van der Waals surface area (Å²) in [6.07, 6.45) is 0.177. The molecule has 0 aliphatic heterocycles. The molecule has 0 atom stereocenters. The molecular formula is C16H19NO4. The van der Waals surface area contributed by atoms with Crippen LogP contribution in [-0.4, -0.2) is 48.7 Å². The average molecular weight is 289 g/mol. The first-order valence-electron chi connectivity index (χ1n) is 6.69. The van der Waals surface area contributed by atoms with Gasteiger partial charge in [-0.25, -0.2) is 0 Å². The molecule has 0 aromatic heterocycles. The van der Waals surface area contributed by atoms with Gasteiger partial charge in [0, 0.05) is 24.7 Å². The zero-order valence-corrected chi connectivity index (χ0v) is 12.3. The van der Waals surface area contributed by atoms with Crippen molar-refractivity contribution in [3.63, 3.8) is 0 Å². The van der Waals surface area contributed by atoms with E-state index in [1.807, 2.05) is 0 Å². The van der Waals surface area contributed by atoms with Crippen LogP contribution < -0.4 is 0 Å². The molecule has 0 saturated carbocycles. The minimum Gasteiger partial charge on any atom is -0.466 e. The fourth-order valence-corrected chi connectivity index (χ4v) is 1.65. The maximum atomic E-state index is 12.1. The van der Waals surface area contributed by atoms with Gasteiger partial charge in [-0.2, -0.15) is 0 Å². The number of ether oxygens (including phenoxy) is 1. The molecule has 5 nitrogen and oxygen atoms in total. The number of hydrogen-bond acceptors (Lipinski definition) is 4. The van der Waals surface area contributed by atoms with E-state index in [1.165, 1.54) is 4.90 Å². The molecule has 0 unspecified atom stereocenters. The Balaban J connectivity index is 2.59. The van der Waals surface area contributed by atoms with E-state index in [4.69, 9.17) is 9.84 Å². The standard InChI is InChI=1S/C16H19NO4/c1-3-21-15(19)10-11-17(2)16(20)14-8-6-13(7-9-14)5-4-12-18/h6-9,18H,3,10-12H2,1-2H3. The lowest BCUT2D eigenvalue weighted by Gasteiger charge is -2.16. The van der Waals surface area contributed by atoms with Crippen LogP contribution in [0.3, 0.4) is 0 Å². The van der Waals surface area contributed by atoms with Gasteiger partial charge in [-0.3, -0.25) is 9.59 Å². The molecule has 1 amide bonds. The molecular weight excluding hydrogens is 270 g/mol. The van der Waals surface area contributed by atoms with Gasteiger partial charge in [-0.05, 0) is 31.2 Å². The summed E-state index contributed by atoms with van der Waals surface area (Å²) < 4.78 is 4.82. The highest BCUT2D eigenvalue weighted by Crippen LogP contribution is 2.07. The molecule has 1 N–H and O–H groups in total. The predicted octanol–water partition coefficient (Wildman–Crippen LogP) is 1.06. The highest BCUT2D eigenvalue weighted by atomic mass is 16.5. The number of esters is 1. The van der Waals surface area contributed by atoms with Crippen molar-refractivity contribution >= 4 is 11.9 Å². The van der Waals surface area contributed by atoms with Crippen LogP contribution >= 0.6 is 0 Å². The van der Waals surface area contributed by atoms with Gasteiger partial charge in [0.1, 0.15) is 6.61 Å². The lowest BCUT2D eigenvalue weighted by atomic mass is 10.1. The third kappa shape index (κ3) is 5.67. The fourth-order valence-electron chi connectivity index (χ4n) is 1.65. The van der Waals surface area contributed by atoms with Gasteiger partial charge in [0.2, 0.25) is 0 Å². The van der Waals surface area contributed by atoms with Crippen molar-refractivity contribution in [2.45, 2.75) is 13.3 Å². The van der Waals surface area contributed by atoms with Crippen LogP contribution in [0.25, 0.3) is 0 Å². The third-order valence-electron chi connectivity index (χ3n) is 2.75. The molecule has 0 fully saturated rings. The number of carbonyl (C=O) groups is 2. The Morgan fingerprint density at radius 1 is 1.29 bits per heavy atom. The molecule has 0 spiro atoms. The first kappa shape index (κ1) is 16.7. The van der Waals surface area contributed by atoms with Gasteiger partial charge in [-0.15, -0.1) is 0 Å². The maximum absolute atomic E-state index is 12.1. The van der Waals surface area contributed by atoms with Crippen molar-refractivity contribution < 1.29 is 19.4 Å². The monoisotopic (exact) mass is 289 g/mol. The molecule has 0 radical (unpaired) electrons. The van der Waals surface area contributed by atoms with Crippen LogP contribution in [0.4, 0.5) is 0 Å². The van der Waals surface area contributed by atoms with E-state index in [0.717, 1.165) is 5.56 Å². The summed E-state index contributed by atoms with van der Waals surface area (Å²) in [4.78, 5) is 24.9. The van der Waals surface area contributed by atoms with E-state index in [9.17, 15) is 9.59 Å². The van der Waals surface area contributed by atoms with E-state index in [-0.39, 0.29) is 24.9 Å². The normalized spacial score (nSPS) is 9.48. The van der Waals surface area contributed by atoms with E-state index >= 15 is 0 Å². The first-order chi connectivity index (χ1) is 10.1. The Labute approximate surface area is 124 Å². The second-order valence-corrected chi connectivity index (χ2v) is 4.32. The number of aliphatic hydroxyl groups excluding tert-OH is 1. The largest absolute Gasteiger partial charge is 0.466 e. The van der Waals surface area contributed by atoms with Crippen LogP contribution in [0, 0.1) is 11.8 Å². The van der Waals surface area contributed by atoms with Gasteiger partial charge in [-0.1, -0.05) is 11.8 Å². The smallest absolute Gasteiger partial charge is 0.307 e. The Bertz CT molecular complexity index is 540. The van der Waals surface area contributed by atoms with Gasteiger partial charge in [0.15, 0.2) is 0 Å². The molecule has 1 rings (SSSR count). The number of aliphatic hydroxyl groups is 1. The summed E-state index contributed by atoms with van der Waals surface area (Å²) in [5.74, 6) is 4.82. The SMILES string of the molecule is CCOC(=O)CCN(C)C(=O)c1ccc(C#CCO)cc1. The number of hydrogen-bond donors (Lipinski definition) is 1. The number of carbonyl (C=O) groups excluding carboxylic acids is 2. The van der Waals surface area contributed by atoms with Crippen LogP contribution in [-0.2, 0) is 9.53 Å². The zero-order chi connectivity index (χ0) is 15.7. The molecule has 0 saturated heterocycles. The van der Waals surface area contributed by atoms with Crippen molar-refractivity contribution in [3.05, 3.63) is 35.4 Å². The van der Waals surface area contributed by atoms with E-state index in [0.29, 0.717) is 18.7 Å². The Hall–Kier alpha value is -2.32. The second kappa shape index (κ2) is 8.77. The van der Waals surface area contributed by atoms with Crippen LogP contribution in [0.15, 0.2) is 24.3 Å². The molecule has 1 aromatic rings. The topological polar surface area (TPSA) is 66.8 Å². The zero-order valence-electron chi connectivity index (χ0n) is 12.3. The van der Waals surface area contributed by atoms with Gasteiger partial charge < -0.3 is 14.7 Å². The minimum absolute atomic E-state index is 0.166. The fraction of sp³-hybridized carbons (Fsp3) is 0.375. The lowest BCUT2D eigenvalue weighted by Crippen LogP contribution is -2.29. The van der Waals surface area contributed by atoms with Crippen LogP contribution in [0.1, 0.15) is 29.3 Å². The summed E-state index contributed by atoms with van der Waals surface area (Å²) in [6, 6.07) is 6.78. The summed E-state index contributed by atoms with van der Waals surface area (Å²) in [6.45, 7) is 2.20. The van der Waals surface area contributed by atoms with E-state index < -0.39 is 0 Å². The summed E-state index contributed by atoms with van der Waals surface area (Å²) >= 11 is 0. The number of amides is 1. The highest BCUT2D eigenvalue weighted by molar-refractivity contribution is 5.94. The van der Waals surface area contributed by atoms with Crippen molar-refractivity contribution in [2.24, 2.45) is 0 Å². The summed E-state index contributed by atoms with van der Waals surface area (Å²) in [5.41, 5.74) is 1.26. The van der Waals surface area contributed by atoms with Gasteiger partial charge in [0.25, 0.3) is 5.91 Å².